The van der Waals surface area contributed by atoms with Gasteiger partial charge in [0.2, 0.25) is 0 Å². The molecule has 4 amide bonds. The van der Waals surface area contributed by atoms with Crippen molar-refractivity contribution in [3.05, 3.63) is 0 Å². The Morgan fingerprint density at radius 1 is 1.23 bits per heavy atom. The standard InChI is InChI=1S/C19H28N4O3/c1-17(2)12-6-9-18(17,3)13(10-12)21-22-14(24)11-23-15(25)19(20-16(23)26)7-4-5-8-19/h12H,4-11H2,1-3H3,(H,20,26)(H,22,24)/b21-13+. The molecule has 0 aromatic carbocycles. The van der Waals surface area contributed by atoms with E-state index in [1.54, 1.807) is 0 Å². The van der Waals surface area contributed by atoms with E-state index < -0.39 is 17.5 Å². The minimum absolute atomic E-state index is 0.0136. The lowest BCUT2D eigenvalue weighted by molar-refractivity contribution is -0.134. The van der Waals surface area contributed by atoms with E-state index in [4.69, 9.17) is 0 Å². The highest BCUT2D eigenvalue weighted by Gasteiger charge is 2.60. The minimum Gasteiger partial charge on any atom is -0.323 e. The summed E-state index contributed by atoms with van der Waals surface area (Å²) >= 11 is 0. The van der Waals surface area contributed by atoms with Crippen molar-refractivity contribution >= 4 is 23.6 Å². The Hall–Kier alpha value is -1.92. The zero-order valence-corrected chi connectivity index (χ0v) is 15.9. The van der Waals surface area contributed by atoms with Crippen LogP contribution in [0.25, 0.3) is 0 Å². The maximum atomic E-state index is 12.6. The molecule has 1 saturated heterocycles. The number of hydrazone groups is 1. The molecule has 4 aliphatic rings. The summed E-state index contributed by atoms with van der Waals surface area (Å²) in [5, 5.41) is 7.19. The van der Waals surface area contributed by atoms with Crippen molar-refractivity contribution in [2.24, 2.45) is 21.8 Å². The largest absolute Gasteiger partial charge is 0.325 e. The van der Waals surface area contributed by atoms with E-state index in [1.807, 2.05) is 0 Å². The summed E-state index contributed by atoms with van der Waals surface area (Å²) in [6, 6.07) is -0.465. The van der Waals surface area contributed by atoms with Crippen molar-refractivity contribution in [2.45, 2.75) is 71.3 Å². The molecule has 0 radical (unpaired) electrons. The molecule has 2 bridgehead atoms. The maximum Gasteiger partial charge on any atom is 0.325 e. The van der Waals surface area contributed by atoms with Crippen molar-refractivity contribution in [2.75, 3.05) is 6.54 Å². The van der Waals surface area contributed by atoms with Gasteiger partial charge in [-0.2, -0.15) is 5.10 Å². The Balaban J connectivity index is 1.41. The zero-order valence-electron chi connectivity index (χ0n) is 15.9. The first-order valence-corrected chi connectivity index (χ1v) is 9.70. The second kappa shape index (κ2) is 5.54. The molecule has 3 aliphatic carbocycles. The highest BCUT2D eigenvalue weighted by Crippen LogP contribution is 2.63. The number of carbonyl (C=O) groups excluding carboxylic acids is 3. The van der Waals surface area contributed by atoms with E-state index in [0.717, 1.165) is 36.3 Å². The molecule has 1 aliphatic heterocycles. The van der Waals surface area contributed by atoms with Crippen LogP contribution in [0.3, 0.4) is 0 Å². The van der Waals surface area contributed by atoms with Gasteiger partial charge in [-0.25, -0.2) is 10.2 Å². The van der Waals surface area contributed by atoms with Gasteiger partial charge in [0.05, 0.1) is 0 Å². The predicted octanol–water partition coefficient (Wildman–Crippen LogP) is 2.17. The molecule has 7 heteroatoms. The van der Waals surface area contributed by atoms with Crippen LogP contribution in [0.4, 0.5) is 4.79 Å². The third kappa shape index (κ3) is 2.25. The highest BCUT2D eigenvalue weighted by molar-refractivity contribution is 6.09. The van der Waals surface area contributed by atoms with Crippen LogP contribution in [0.15, 0.2) is 5.10 Å². The Kier molecular flexibility index (Phi) is 3.72. The Bertz CT molecular complexity index is 708. The third-order valence-corrected chi connectivity index (χ3v) is 7.83. The average molecular weight is 360 g/mol. The summed E-state index contributed by atoms with van der Waals surface area (Å²) < 4.78 is 0. The van der Waals surface area contributed by atoms with Gasteiger partial charge in [0, 0.05) is 11.1 Å². The van der Waals surface area contributed by atoms with Crippen LogP contribution < -0.4 is 10.7 Å². The van der Waals surface area contributed by atoms with Crippen molar-refractivity contribution in [1.82, 2.24) is 15.6 Å². The first-order chi connectivity index (χ1) is 12.2. The lowest BCUT2D eigenvalue weighted by atomic mass is 9.70. The third-order valence-electron chi connectivity index (χ3n) is 7.83. The number of fused-ring (bicyclic) bond motifs is 2. The van der Waals surface area contributed by atoms with Gasteiger partial charge in [0.25, 0.3) is 11.8 Å². The van der Waals surface area contributed by atoms with Crippen molar-refractivity contribution < 1.29 is 14.4 Å². The van der Waals surface area contributed by atoms with Gasteiger partial charge >= 0.3 is 6.03 Å². The van der Waals surface area contributed by atoms with Crippen molar-refractivity contribution in [3.63, 3.8) is 0 Å². The molecule has 4 fully saturated rings. The fourth-order valence-corrected chi connectivity index (χ4v) is 5.54. The molecular weight excluding hydrogens is 332 g/mol. The number of hydrogen-bond donors (Lipinski definition) is 2. The number of carbonyl (C=O) groups is 3. The second-order valence-electron chi connectivity index (χ2n) is 9.20. The molecule has 0 aromatic rings. The minimum atomic E-state index is -0.772. The van der Waals surface area contributed by atoms with Crippen LogP contribution in [0, 0.1) is 16.7 Å². The predicted molar refractivity (Wildman–Crippen MR) is 96.3 cm³/mol. The number of rotatable bonds is 3. The van der Waals surface area contributed by atoms with E-state index in [2.05, 4.69) is 36.6 Å². The molecule has 2 unspecified atom stereocenters. The molecule has 1 heterocycles. The SMILES string of the molecule is CC12CCC(C/C1=N\NC(=O)CN1C(=O)NC3(CCCC3)C1=O)C2(C)C. The molecule has 26 heavy (non-hydrogen) atoms. The highest BCUT2D eigenvalue weighted by atomic mass is 16.2. The summed E-state index contributed by atoms with van der Waals surface area (Å²) in [7, 11) is 0. The van der Waals surface area contributed by atoms with E-state index >= 15 is 0 Å². The number of amides is 4. The summed E-state index contributed by atoms with van der Waals surface area (Å²) in [4.78, 5) is 38.1. The lowest BCUT2D eigenvalue weighted by Crippen LogP contribution is -2.45. The first-order valence-electron chi connectivity index (χ1n) is 9.70. The Labute approximate surface area is 153 Å². The monoisotopic (exact) mass is 360 g/mol. The lowest BCUT2D eigenvalue weighted by Gasteiger charge is -2.34. The van der Waals surface area contributed by atoms with Gasteiger partial charge in [-0.3, -0.25) is 14.5 Å². The molecular formula is C19H28N4O3. The first kappa shape index (κ1) is 17.5. The Morgan fingerprint density at radius 2 is 1.92 bits per heavy atom. The second-order valence-corrected chi connectivity index (χ2v) is 9.20. The quantitative estimate of drug-likeness (QED) is 0.597. The molecule has 2 N–H and O–H groups in total. The zero-order chi connectivity index (χ0) is 18.7. The molecule has 142 valence electrons. The molecule has 3 saturated carbocycles. The van der Waals surface area contributed by atoms with Gasteiger partial charge in [0.1, 0.15) is 12.1 Å². The van der Waals surface area contributed by atoms with Crippen LogP contribution in [0.1, 0.15) is 65.7 Å². The van der Waals surface area contributed by atoms with E-state index in [-0.39, 0.29) is 23.3 Å². The van der Waals surface area contributed by atoms with Crippen LogP contribution in [0.2, 0.25) is 0 Å². The topological polar surface area (TPSA) is 90.9 Å². The summed E-state index contributed by atoms with van der Waals surface area (Å²) in [6.45, 7) is 6.52. The van der Waals surface area contributed by atoms with Crippen LogP contribution >= 0.6 is 0 Å². The smallest absolute Gasteiger partial charge is 0.323 e. The molecule has 7 nitrogen and oxygen atoms in total. The number of nitrogens with one attached hydrogen (secondary N) is 2. The van der Waals surface area contributed by atoms with Crippen molar-refractivity contribution in [1.29, 1.82) is 0 Å². The van der Waals surface area contributed by atoms with Gasteiger partial charge in [-0.15, -0.1) is 0 Å². The molecule has 4 rings (SSSR count). The van der Waals surface area contributed by atoms with Crippen LogP contribution in [-0.4, -0.2) is 40.5 Å². The number of imide groups is 1. The van der Waals surface area contributed by atoms with Gasteiger partial charge in [-0.1, -0.05) is 33.6 Å². The number of urea groups is 1. The van der Waals surface area contributed by atoms with Crippen molar-refractivity contribution in [3.8, 4) is 0 Å². The van der Waals surface area contributed by atoms with E-state index in [1.165, 1.54) is 6.42 Å². The van der Waals surface area contributed by atoms with E-state index in [0.29, 0.717) is 18.8 Å². The summed E-state index contributed by atoms with van der Waals surface area (Å²) in [6.07, 6.45) is 6.38. The van der Waals surface area contributed by atoms with Crippen LogP contribution in [0.5, 0.6) is 0 Å². The summed E-state index contributed by atoms with van der Waals surface area (Å²) in [5.41, 5.74) is 3.06. The summed E-state index contributed by atoms with van der Waals surface area (Å²) in [5.74, 6) is -0.0765. The van der Waals surface area contributed by atoms with Crippen LogP contribution in [-0.2, 0) is 9.59 Å². The fourth-order valence-electron chi connectivity index (χ4n) is 5.54. The number of nitrogens with zero attached hydrogens (tertiary/aromatic N) is 2. The van der Waals surface area contributed by atoms with E-state index in [9.17, 15) is 14.4 Å². The van der Waals surface area contributed by atoms with Gasteiger partial charge in [-0.05, 0) is 43.4 Å². The van der Waals surface area contributed by atoms with Gasteiger partial charge < -0.3 is 5.32 Å². The molecule has 0 aromatic heterocycles. The molecule has 2 atom stereocenters. The molecule has 1 spiro atoms. The number of hydrogen-bond acceptors (Lipinski definition) is 4. The Morgan fingerprint density at radius 3 is 2.50 bits per heavy atom. The van der Waals surface area contributed by atoms with Gasteiger partial charge in [0.15, 0.2) is 0 Å². The fraction of sp³-hybridized carbons (Fsp3) is 0.789. The normalized spacial score (nSPS) is 35.6. The average Bonchev–Trinajstić information content (AvgIpc) is 3.25. The maximum absolute atomic E-state index is 12.6.